The normalized spacial score (nSPS) is 19.7. The molecule has 4 aromatic rings. The fraction of sp³-hybridized carbons (Fsp3) is 0.292. The molecule has 1 saturated heterocycles. The van der Waals surface area contributed by atoms with Crippen molar-refractivity contribution in [2.45, 2.75) is 30.6 Å². The lowest BCUT2D eigenvalue weighted by molar-refractivity contribution is 0.344. The van der Waals surface area contributed by atoms with Crippen LogP contribution in [0.5, 0.6) is 0 Å². The fourth-order valence-corrected chi connectivity index (χ4v) is 5.89. The zero-order chi connectivity index (χ0) is 22.5. The maximum atomic E-state index is 12.1. The van der Waals surface area contributed by atoms with E-state index in [0.717, 1.165) is 52.9 Å². The predicted molar refractivity (Wildman–Crippen MR) is 130 cm³/mol. The van der Waals surface area contributed by atoms with Gasteiger partial charge in [-0.2, -0.15) is 0 Å². The highest BCUT2D eigenvalue weighted by Gasteiger charge is 2.32. The summed E-state index contributed by atoms with van der Waals surface area (Å²) >= 11 is 6.06. The maximum Gasteiger partial charge on any atom is 0.240 e. The van der Waals surface area contributed by atoms with Gasteiger partial charge in [-0.1, -0.05) is 37.1 Å². The zero-order valence-electron chi connectivity index (χ0n) is 17.8. The van der Waals surface area contributed by atoms with Crippen molar-refractivity contribution < 1.29 is 8.42 Å². The number of aromatic amines is 1. The first-order valence-electron chi connectivity index (χ1n) is 10.8. The van der Waals surface area contributed by atoms with E-state index in [1.807, 2.05) is 30.5 Å². The number of halogens is 1. The summed E-state index contributed by atoms with van der Waals surface area (Å²) in [6.45, 7) is 4.07. The monoisotopic (exact) mass is 468 g/mol. The first-order chi connectivity index (χ1) is 15.4. The van der Waals surface area contributed by atoms with Crippen LogP contribution in [0.4, 0.5) is 5.69 Å². The lowest BCUT2D eigenvalue weighted by Gasteiger charge is -2.39. The van der Waals surface area contributed by atoms with Gasteiger partial charge in [-0.3, -0.25) is 4.98 Å². The van der Waals surface area contributed by atoms with E-state index >= 15 is 0 Å². The van der Waals surface area contributed by atoms with Crippen molar-refractivity contribution in [2.75, 3.05) is 18.0 Å². The highest BCUT2D eigenvalue weighted by Crippen LogP contribution is 2.40. The smallest absolute Gasteiger partial charge is 0.240 e. The number of fused-ring (bicyclic) bond motifs is 3. The number of nitrogens with two attached hydrogens (primary N) is 1. The number of aromatic nitrogens is 2. The van der Waals surface area contributed by atoms with Crippen LogP contribution in [-0.4, -0.2) is 31.5 Å². The van der Waals surface area contributed by atoms with E-state index in [0.29, 0.717) is 11.4 Å². The molecule has 6 nitrogen and oxygen atoms in total. The number of benzene rings is 2. The van der Waals surface area contributed by atoms with E-state index in [2.05, 4.69) is 28.9 Å². The van der Waals surface area contributed by atoms with Gasteiger partial charge in [-0.15, -0.1) is 0 Å². The van der Waals surface area contributed by atoms with Crippen LogP contribution >= 0.6 is 11.6 Å². The first kappa shape index (κ1) is 21.2. The minimum atomic E-state index is -3.84. The van der Waals surface area contributed by atoms with Crippen LogP contribution in [0.2, 0.25) is 5.02 Å². The van der Waals surface area contributed by atoms with Crippen molar-refractivity contribution in [3.63, 3.8) is 0 Å². The summed E-state index contributed by atoms with van der Waals surface area (Å²) in [6.07, 6.45) is 3.81. The molecule has 2 atom stereocenters. The van der Waals surface area contributed by atoms with Crippen molar-refractivity contribution in [1.82, 2.24) is 9.97 Å². The topological polar surface area (TPSA) is 92.1 Å². The van der Waals surface area contributed by atoms with E-state index in [4.69, 9.17) is 21.7 Å². The number of sulfonamides is 1. The van der Waals surface area contributed by atoms with Crippen molar-refractivity contribution >= 4 is 49.1 Å². The Labute approximate surface area is 192 Å². The summed E-state index contributed by atoms with van der Waals surface area (Å²) in [5.41, 5.74) is 3.63. The Morgan fingerprint density at radius 1 is 1.12 bits per heavy atom. The van der Waals surface area contributed by atoms with Gasteiger partial charge in [0.05, 0.1) is 16.7 Å². The molecule has 8 heteroatoms. The van der Waals surface area contributed by atoms with Crippen LogP contribution in [0.1, 0.15) is 31.4 Å². The molecule has 0 saturated carbocycles. The molecule has 32 heavy (non-hydrogen) atoms. The number of piperidine rings is 1. The van der Waals surface area contributed by atoms with E-state index in [-0.39, 0.29) is 10.8 Å². The number of hydrogen-bond donors (Lipinski definition) is 2. The van der Waals surface area contributed by atoms with Crippen LogP contribution in [0.15, 0.2) is 59.6 Å². The van der Waals surface area contributed by atoms with Crippen molar-refractivity contribution in [2.24, 2.45) is 11.1 Å². The Morgan fingerprint density at radius 2 is 1.88 bits per heavy atom. The molecular weight excluding hydrogens is 444 g/mol. The van der Waals surface area contributed by atoms with Gasteiger partial charge in [-0.05, 0) is 48.7 Å². The molecule has 0 radical (unpaired) electrons. The highest BCUT2D eigenvalue weighted by molar-refractivity contribution is 7.89. The van der Waals surface area contributed by atoms with Crippen molar-refractivity contribution in [1.29, 1.82) is 0 Å². The number of hydrogen-bond acceptors (Lipinski definition) is 4. The molecule has 3 heterocycles. The molecule has 2 aromatic heterocycles. The zero-order valence-corrected chi connectivity index (χ0v) is 19.3. The number of nitrogens with zero attached hydrogens (tertiary/aromatic N) is 2. The lowest BCUT2D eigenvalue weighted by atomic mass is 9.80. The third-order valence-electron chi connectivity index (χ3n) is 6.65. The van der Waals surface area contributed by atoms with E-state index in [1.165, 1.54) is 5.69 Å². The quantitative estimate of drug-likeness (QED) is 0.439. The third-order valence-corrected chi connectivity index (χ3v) is 7.86. The number of primary sulfonamides is 1. The number of rotatable bonds is 4. The highest BCUT2D eigenvalue weighted by atomic mass is 35.5. The fourth-order valence-electron chi connectivity index (χ4n) is 5.05. The lowest BCUT2D eigenvalue weighted by Crippen LogP contribution is -2.39. The van der Waals surface area contributed by atoms with Gasteiger partial charge >= 0.3 is 0 Å². The van der Waals surface area contributed by atoms with Gasteiger partial charge in [0.1, 0.15) is 4.90 Å². The number of anilines is 1. The molecule has 1 fully saturated rings. The molecule has 0 bridgehead atoms. The molecule has 2 unspecified atom stereocenters. The van der Waals surface area contributed by atoms with Gasteiger partial charge in [0, 0.05) is 46.7 Å². The van der Waals surface area contributed by atoms with Crippen LogP contribution in [0, 0.1) is 5.92 Å². The van der Waals surface area contributed by atoms with Gasteiger partial charge in [0.25, 0.3) is 0 Å². The SMILES string of the molecule is CCC1CN(c2ccc(Cl)cc2)CCC1c1nccc2c1[nH]c1c(S(N)(=O)=O)cccc12. The maximum absolute atomic E-state index is 12.1. The summed E-state index contributed by atoms with van der Waals surface area (Å²) in [5, 5.41) is 8.04. The Balaban J connectivity index is 1.56. The molecular formula is C24H25ClN4O2S. The van der Waals surface area contributed by atoms with E-state index in [9.17, 15) is 8.42 Å². The molecule has 1 aliphatic heterocycles. The second kappa shape index (κ2) is 8.06. The Hall–Kier alpha value is -2.61. The molecule has 0 aliphatic carbocycles. The van der Waals surface area contributed by atoms with Crippen molar-refractivity contribution in [3.8, 4) is 0 Å². The predicted octanol–water partition coefficient (Wildman–Crippen LogP) is 5.04. The summed E-state index contributed by atoms with van der Waals surface area (Å²) in [6, 6.07) is 15.1. The number of nitrogens with one attached hydrogen (secondary N) is 1. The summed E-state index contributed by atoms with van der Waals surface area (Å²) in [7, 11) is -3.84. The molecule has 3 N–H and O–H groups in total. The first-order valence-corrected chi connectivity index (χ1v) is 12.7. The third kappa shape index (κ3) is 3.64. The largest absolute Gasteiger partial charge is 0.371 e. The average molecular weight is 469 g/mol. The van der Waals surface area contributed by atoms with Crippen LogP contribution in [0.3, 0.4) is 0 Å². The van der Waals surface area contributed by atoms with Gasteiger partial charge in [0.15, 0.2) is 0 Å². The molecule has 166 valence electrons. The van der Waals surface area contributed by atoms with Crippen LogP contribution < -0.4 is 10.0 Å². The van der Waals surface area contributed by atoms with E-state index < -0.39 is 10.0 Å². The van der Waals surface area contributed by atoms with Crippen LogP contribution in [-0.2, 0) is 10.0 Å². The minimum Gasteiger partial charge on any atom is -0.371 e. The summed E-state index contributed by atoms with van der Waals surface area (Å²) in [5.74, 6) is 0.694. The second-order valence-electron chi connectivity index (χ2n) is 8.45. The number of pyridine rings is 1. The van der Waals surface area contributed by atoms with Gasteiger partial charge in [0.2, 0.25) is 10.0 Å². The number of para-hydroxylation sites is 1. The van der Waals surface area contributed by atoms with E-state index in [1.54, 1.807) is 12.1 Å². The Morgan fingerprint density at radius 3 is 2.59 bits per heavy atom. The number of H-pyrrole nitrogens is 1. The molecule has 1 aliphatic rings. The standard InChI is InChI=1S/C24H25ClN4O2S/c1-2-15-14-29(17-8-6-16(25)7-9-17)13-11-18(15)23-24-20(10-12-27-23)19-4-3-5-21(22(19)28-24)32(26,30)31/h3-10,12,15,18,28H,2,11,13-14H2,1H3,(H2,26,30,31). The Kier molecular flexibility index (Phi) is 5.35. The average Bonchev–Trinajstić information content (AvgIpc) is 3.17. The summed E-state index contributed by atoms with van der Waals surface area (Å²) < 4.78 is 24.3. The molecule has 5 rings (SSSR count). The molecule has 0 amide bonds. The summed E-state index contributed by atoms with van der Waals surface area (Å²) in [4.78, 5) is 10.7. The van der Waals surface area contributed by atoms with Gasteiger partial charge < -0.3 is 9.88 Å². The van der Waals surface area contributed by atoms with Crippen LogP contribution in [0.25, 0.3) is 21.8 Å². The Bertz CT molecular complexity index is 1400. The second-order valence-corrected chi connectivity index (χ2v) is 10.4. The minimum absolute atomic E-state index is 0.113. The molecule has 2 aromatic carbocycles. The van der Waals surface area contributed by atoms with Crippen molar-refractivity contribution in [3.05, 3.63) is 65.4 Å². The van der Waals surface area contributed by atoms with Gasteiger partial charge in [-0.25, -0.2) is 13.6 Å². The molecule has 0 spiro atoms.